The molecule has 4 nitrogen and oxygen atoms in total. The molecule has 0 bridgehead atoms. The van der Waals surface area contributed by atoms with Crippen LogP contribution in [0, 0.1) is 17.7 Å². The highest BCUT2D eigenvalue weighted by molar-refractivity contribution is 9.10. The summed E-state index contributed by atoms with van der Waals surface area (Å²) in [6, 6.07) is 4.22. The van der Waals surface area contributed by atoms with Crippen LogP contribution in [0.4, 0.5) is 4.39 Å². The molecule has 1 aromatic rings. The molecule has 2 N–H and O–H groups in total. The van der Waals surface area contributed by atoms with Gasteiger partial charge in [0.15, 0.2) is 0 Å². The first-order chi connectivity index (χ1) is 9.49. The van der Waals surface area contributed by atoms with Crippen LogP contribution in [-0.4, -0.2) is 23.5 Å². The Hall–Kier alpha value is -1.43. The lowest BCUT2D eigenvalue weighted by molar-refractivity contribution is -0.142. The quantitative estimate of drug-likeness (QED) is 0.883. The fraction of sp³-hybridized carbons (Fsp3) is 0.429. The van der Waals surface area contributed by atoms with Crippen molar-refractivity contribution < 1.29 is 19.1 Å². The number of benzene rings is 1. The molecule has 1 amide bonds. The molecule has 0 aromatic heterocycles. The number of hydrogen-bond donors (Lipinski definition) is 2. The van der Waals surface area contributed by atoms with Crippen molar-refractivity contribution in [3.8, 4) is 0 Å². The van der Waals surface area contributed by atoms with Crippen LogP contribution >= 0.6 is 15.9 Å². The molecule has 2 rings (SSSR count). The van der Waals surface area contributed by atoms with Gasteiger partial charge in [0.05, 0.1) is 11.5 Å². The summed E-state index contributed by atoms with van der Waals surface area (Å²) in [7, 11) is 0. The normalized spacial score (nSPS) is 21.7. The van der Waals surface area contributed by atoms with Gasteiger partial charge in [0.1, 0.15) is 5.82 Å². The van der Waals surface area contributed by atoms with Crippen LogP contribution in [0.2, 0.25) is 0 Å². The SMILES string of the molecule is O=C(NCC1CCCC1C(=O)O)c1ccc(Br)cc1F. The van der Waals surface area contributed by atoms with Gasteiger partial charge in [-0.2, -0.15) is 0 Å². The van der Waals surface area contributed by atoms with Gasteiger partial charge >= 0.3 is 5.97 Å². The standard InChI is InChI=1S/C14H15BrFNO3/c15-9-4-5-11(12(16)6-9)13(18)17-7-8-2-1-3-10(8)14(19)20/h4-6,8,10H,1-3,7H2,(H,17,18)(H,19,20). The maximum absolute atomic E-state index is 13.6. The molecule has 2 unspecified atom stereocenters. The summed E-state index contributed by atoms with van der Waals surface area (Å²) in [5.41, 5.74) is -0.0296. The molecule has 1 saturated carbocycles. The zero-order chi connectivity index (χ0) is 14.7. The van der Waals surface area contributed by atoms with Crippen LogP contribution in [0.15, 0.2) is 22.7 Å². The number of rotatable bonds is 4. The minimum Gasteiger partial charge on any atom is -0.481 e. The second-order valence-corrected chi connectivity index (χ2v) is 5.89. The fourth-order valence-corrected chi connectivity index (χ4v) is 2.93. The second-order valence-electron chi connectivity index (χ2n) is 4.97. The minimum atomic E-state index is -0.823. The van der Waals surface area contributed by atoms with E-state index in [0.29, 0.717) is 10.9 Å². The van der Waals surface area contributed by atoms with Crippen molar-refractivity contribution in [2.75, 3.05) is 6.54 Å². The van der Waals surface area contributed by atoms with Crippen LogP contribution in [0.25, 0.3) is 0 Å². The Balaban J connectivity index is 1.97. The van der Waals surface area contributed by atoms with Crippen molar-refractivity contribution in [3.63, 3.8) is 0 Å². The van der Waals surface area contributed by atoms with Gasteiger partial charge in [0.25, 0.3) is 5.91 Å². The average molecular weight is 344 g/mol. The van der Waals surface area contributed by atoms with Crippen LogP contribution in [0.1, 0.15) is 29.6 Å². The van der Waals surface area contributed by atoms with Gasteiger partial charge in [-0.3, -0.25) is 9.59 Å². The third-order valence-electron chi connectivity index (χ3n) is 3.68. The first kappa shape index (κ1) is 15.0. The fourth-order valence-electron chi connectivity index (χ4n) is 2.60. The minimum absolute atomic E-state index is 0.0296. The molecule has 0 heterocycles. The predicted molar refractivity (Wildman–Crippen MR) is 74.9 cm³/mol. The van der Waals surface area contributed by atoms with Gasteiger partial charge < -0.3 is 10.4 Å². The molecular formula is C14H15BrFNO3. The molecule has 6 heteroatoms. The van der Waals surface area contributed by atoms with E-state index in [0.717, 1.165) is 12.8 Å². The van der Waals surface area contributed by atoms with Crippen LogP contribution in [0.5, 0.6) is 0 Å². The monoisotopic (exact) mass is 343 g/mol. The summed E-state index contributed by atoms with van der Waals surface area (Å²) >= 11 is 3.13. The molecule has 0 radical (unpaired) electrons. The molecule has 2 atom stereocenters. The Morgan fingerprint density at radius 3 is 2.80 bits per heavy atom. The summed E-state index contributed by atoms with van der Waals surface area (Å²) in [5, 5.41) is 11.7. The third-order valence-corrected chi connectivity index (χ3v) is 4.17. The van der Waals surface area contributed by atoms with E-state index in [1.807, 2.05) is 0 Å². The summed E-state index contributed by atoms with van der Waals surface area (Å²) in [6.07, 6.45) is 2.27. The zero-order valence-electron chi connectivity index (χ0n) is 10.7. The van der Waals surface area contributed by atoms with Crippen LogP contribution < -0.4 is 5.32 Å². The van der Waals surface area contributed by atoms with Crippen molar-refractivity contribution in [1.82, 2.24) is 5.32 Å². The molecule has 0 aliphatic heterocycles. The smallest absolute Gasteiger partial charge is 0.306 e. The van der Waals surface area contributed by atoms with E-state index in [2.05, 4.69) is 21.2 Å². The Kier molecular flexibility index (Phi) is 4.75. The number of hydrogen-bond acceptors (Lipinski definition) is 2. The van der Waals surface area contributed by atoms with E-state index in [9.17, 15) is 14.0 Å². The number of carbonyl (C=O) groups excluding carboxylic acids is 1. The maximum atomic E-state index is 13.6. The summed E-state index contributed by atoms with van der Waals surface area (Å²) in [5.74, 6) is -2.42. The highest BCUT2D eigenvalue weighted by atomic mass is 79.9. The van der Waals surface area contributed by atoms with Gasteiger partial charge in [-0.05, 0) is 37.0 Å². The van der Waals surface area contributed by atoms with Crippen LogP contribution in [-0.2, 0) is 4.79 Å². The number of carboxylic acids is 1. The topological polar surface area (TPSA) is 66.4 Å². The molecule has 108 valence electrons. The molecular weight excluding hydrogens is 329 g/mol. The Morgan fingerprint density at radius 2 is 2.15 bits per heavy atom. The largest absolute Gasteiger partial charge is 0.481 e. The number of amides is 1. The highest BCUT2D eigenvalue weighted by Gasteiger charge is 2.33. The van der Waals surface area contributed by atoms with E-state index in [1.165, 1.54) is 12.1 Å². The van der Waals surface area contributed by atoms with Gasteiger partial charge in [-0.25, -0.2) is 4.39 Å². The lowest BCUT2D eigenvalue weighted by Gasteiger charge is -2.16. The third kappa shape index (κ3) is 3.36. The highest BCUT2D eigenvalue weighted by Crippen LogP contribution is 2.31. The van der Waals surface area contributed by atoms with E-state index in [-0.39, 0.29) is 18.0 Å². The number of nitrogens with one attached hydrogen (secondary N) is 1. The molecule has 1 aromatic carbocycles. The number of halogens is 2. The van der Waals surface area contributed by atoms with Crippen molar-refractivity contribution in [2.45, 2.75) is 19.3 Å². The molecule has 0 spiro atoms. The summed E-state index contributed by atoms with van der Waals surface area (Å²) in [4.78, 5) is 22.9. The average Bonchev–Trinajstić information content (AvgIpc) is 2.84. The van der Waals surface area contributed by atoms with E-state index >= 15 is 0 Å². The second kappa shape index (κ2) is 6.35. The zero-order valence-corrected chi connectivity index (χ0v) is 12.3. The molecule has 1 fully saturated rings. The number of carboxylic acid groups (broad SMARTS) is 1. The predicted octanol–water partition coefficient (Wildman–Crippen LogP) is 2.82. The molecule has 20 heavy (non-hydrogen) atoms. The summed E-state index contributed by atoms with van der Waals surface area (Å²) < 4.78 is 14.2. The Morgan fingerprint density at radius 1 is 1.40 bits per heavy atom. The van der Waals surface area contributed by atoms with Crippen molar-refractivity contribution in [2.24, 2.45) is 11.8 Å². The van der Waals surface area contributed by atoms with E-state index < -0.39 is 23.6 Å². The van der Waals surface area contributed by atoms with Crippen molar-refractivity contribution in [3.05, 3.63) is 34.1 Å². The Labute approximate surface area is 124 Å². The van der Waals surface area contributed by atoms with Gasteiger partial charge in [-0.15, -0.1) is 0 Å². The van der Waals surface area contributed by atoms with Crippen molar-refractivity contribution >= 4 is 27.8 Å². The van der Waals surface area contributed by atoms with Crippen molar-refractivity contribution in [1.29, 1.82) is 0 Å². The maximum Gasteiger partial charge on any atom is 0.306 e. The molecule has 1 aliphatic carbocycles. The molecule has 1 aliphatic rings. The van der Waals surface area contributed by atoms with E-state index in [4.69, 9.17) is 5.11 Å². The van der Waals surface area contributed by atoms with Crippen LogP contribution in [0.3, 0.4) is 0 Å². The lowest BCUT2D eigenvalue weighted by Crippen LogP contribution is -2.33. The number of carbonyl (C=O) groups is 2. The van der Waals surface area contributed by atoms with E-state index in [1.54, 1.807) is 6.07 Å². The summed E-state index contributed by atoms with van der Waals surface area (Å²) in [6.45, 7) is 0.269. The first-order valence-corrected chi connectivity index (χ1v) is 7.24. The van der Waals surface area contributed by atoms with Gasteiger partial charge in [0.2, 0.25) is 0 Å². The number of aliphatic carboxylic acids is 1. The Bertz CT molecular complexity index is 535. The van der Waals surface area contributed by atoms with Gasteiger partial charge in [0, 0.05) is 11.0 Å². The molecule has 0 saturated heterocycles. The lowest BCUT2D eigenvalue weighted by atomic mass is 9.96. The first-order valence-electron chi connectivity index (χ1n) is 6.45. The van der Waals surface area contributed by atoms with Gasteiger partial charge in [-0.1, -0.05) is 22.4 Å².